The van der Waals surface area contributed by atoms with Gasteiger partial charge in [-0.1, -0.05) is 64.1 Å². The van der Waals surface area contributed by atoms with E-state index in [4.69, 9.17) is 22.1 Å². The molecule has 6 fully saturated rings. The van der Waals surface area contributed by atoms with Gasteiger partial charge in [0.25, 0.3) is 0 Å². The summed E-state index contributed by atoms with van der Waals surface area (Å²) >= 11 is 9.94. The number of nitrogens with one attached hydrogen (secondary N) is 6. The number of aryl methyl sites for hydroxylation is 4. The van der Waals surface area contributed by atoms with Crippen molar-refractivity contribution < 1.29 is 28.7 Å². The number of esters is 1. The highest BCUT2D eigenvalue weighted by atomic mass is 35.5. The maximum Gasteiger partial charge on any atom is 0.409 e. The van der Waals surface area contributed by atoms with Gasteiger partial charge < -0.3 is 60.0 Å². The molecular formula is C75H92Cl2N26O6S4. The van der Waals surface area contributed by atoms with E-state index in [1.165, 1.54) is 72.1 Å². The monoisotopic (exact) mass is 1650 g/mol. The van der Waals surface area contributed by atoms with Crippen molar-refractivity contribution in [3.05, 3.63) is 145 Å². The highest BCUT2D eigenvalue weighted by molar-refractivity contribution is 7.10. The zero-order chi connectivity index (χ0) is 78.2. The maximum absolute atomic E-state index is 12.6. The minimum atomic E-state index is -0.814. The second kappa shape index (κ2) is 39.0. The Morgan fingerprint density at radius 1 is 0.487 bits per heavy atom. The van der Waals surface area contributed by atoms with Gasteiger partial charge in [-0.05, 0) is 141 Å². The summed E-state index contributed by atoms with van der Waals surface area (Å²) in [6.45, 7) is 13.6. The van der Waals surface area contributed by atoms with E-state index in [2.05, 4.69) is 145 Å². The Kier molecular flexibility index (Phi) is 28.4. The van der Waals surface area contributed by atoms with E-state index in [1.807, 2.05) is 92.5 Å². The standard InChI is InChI=1S/2C19H24N8OS.C14H19N5.C12H12N2O2S.C7H5ClO2.C4H7N3S.ClH/c2*1-3-15-23-18(29-25-15)24-19(28)27-8-11-6-13(7-12(11)9-27)26(2)17-14-4-5-20-16(14)21-10-22-17;1-19(11-4-9-6-15-7-10(9)5-11)14-12-2-3-16-13(12)17-8-18-14;1-2-10-13-11(17-14-10)8-12(15)16-9-6-4-3-5-7-9;8-7(9)10-6-4-2-1-3-5-6;1-2-3-6-4(5)8-7-3;/h2*4-5,10-13H,3,6-9H2,1-2H3,(H,20,21,22)(H,23,24,25,28);2-3,8-11,15H,4-7H2,1H3,(H,16,17,18);3-7H,2,8H2,1H3;1-5H;2H2,1H3,(H2,5,6,7);1H/t2*11-,12+,13?;9-,10+,11?;;;;. The normalized spacial score (nSPS) is 20.1. The van der Waals surface area contributed by atoms with E-state index in [9.17, 15) is 19.2 Å². The van der Waals surface area contributed by atoms with Gasteiger partial charge in [-0.25, -0.2) is 64.2 Å². The molecule has 0 radical (unpaired) electrons. The van der Waals surface area contributed by atoms with Crippen molar-refractivity contribution in [2.24, 2.45) is 35.5 Å². The Balaban J connectivity index is 0.000000132. The minimum absolute atomic E-state index is 0. The fraction of sp³-hybridized carbons (Fsp3) is 0.440. The largest absolute Gasteiger partial charge is 0.426 e. The summed E-state index contributed by atoms with van der Waals surface area (Å²) in [7, 11) is 6.41. The molecule has 18 rings (SSSR count). The Bertz CT molecular complexity index is 4860. The Morgan fingerprint density at radius 3 is 1.20 bits per heavy atom. The molecular weight excluding hydrogens is 1560 g/mol. The molecule has 0 spiro atoms. The lowest BCUT2D eigenvalue weighted by atomic mass is 10.0. The Morgan fingerprint density at radius 2 is 0.850 bits per heavy atom. The van der Waals surface area contributed by atoms with Crippen molar-refractivity contribution in [3.8, 4) is 11.5 Å². The van der Waals surface area contributed by atoms with Crippen LogP contribution in [0.4, 0.5) is 47.2 Å². The number of carbonyl (C=O) groups is 4. The van der Waals surface area contributed by atoms with Crippen LogP contribution in [0.25, 0.3) is 33.1 Å². The van der Waals surface area contributed by atoms with E-state index < -0.39 is 5.43 Å². The first-order chi connectivity index (χ1) is 54.5. The fourth-order valence-corrected chi connectivity index (χ4v) is 18.0. The van der Waals surface area contributed by atoms with E-state index in [0.717, 1.165) is 163 Å². The van der Waals surface area contributed by atoms with Crippen LogP contribution < -0.4 is 45.9 Å². The number of fused-ring (bicyclic) bond motifs is 6. The number of likely N-dealkylation sites (tertiary alicyclic amines) is 2. The van der Waals surface area contributed by atoms with Crippen molar-refractivity contribution in [2.75, 3.05) is 91.5 Å². The SMILES string of the molecule is CCc1nsc(CC(=O)Oc2ccccc2)n1.CCc1nsc(N)n1.CCc1nsc(NC(=O)N2C[C@H]3CC(N(C)c4ncnc5[nH]ccc45)C[C@H]3C2)n1.CCc1nsc(NC(=O)N2C[C@H]3CC(N(C)c4ncnc5[nH]ccc45)C[C@H]3C2)n1.CN(c1ncnc2[nH]ccc12)C1C[C@H]2CNC[C@H]2C1.Cl.O=C(Cl)Oc1ccccc1. The Labute approximate surface area is 680 Å². The van der Waals surface area contributed by atoms with Crippen LogP contribution in [-0.2, 0) is 36.9 Å². The molecule has 3 saturated heterocycles. The molecule has 32 nitrogen and oxygen atoms in total. The van der Waals surface area contributed by atoms with Gasteiger partial charge in [0.2, 0.25) is 10.3 Å². The molecule has 3 aliphatic heterocycles. The van der Waals surface area contributed by atoms with Crippen LogP contribution in [0, 0.1) is 35.5 Å². The summed E-state index contributed by atoms with van der Waals surface area (Å²) in [5.41, 5.74) is 7.15. The topological polar surface area (TPSA) is 393 Å². The van der Waals surface area contributed by atoms with Gasteiger partial charge in [-0.2, -0.15) is 17.5 Å². The minimum Gasteiger partial charge on any atom is -0.426 e. The number of hydrogen-bond donors (Lipinski definition) is 7. The van der Waals surface area contributed by atoms with Crippen molar-refractivity contribution in [1.29, 1.82) is 0 Å². The molecule has 13 heterocycles. The third-order valence-electron chi connectivity index (χ3n) is 21.1. The van der Waals surface area contributed by atoms with E-state index in [1.54, 1.807) is 55.4 Å². The second-order valence-electron chi connectivity index (χ2n) is 28.1. The molecule has 3 saturated carbocycles. The molecule has 8 N–H and O–H groups in total. The molecule has 0 bridgehead atoms. The van der Waals surface area contributed by atoms with Crippen molar-refractivity contribution in [3.63, 3.8) is 0 Å². The third kappa shape index (κ3) is 21.0. The summed E-state index contributed by atoms with van der Waals surface area (Å²) in [5, 5.41) is 15.0. The van der Waals surface area contributed by atoms with Gasteiger partial charge in [0.05, 0.1) is 22.6 Å². The van der Waals surface area contributed by atoms with Gasteiger partial charge in [0.15, 0.2) is 5.13 Å². The average molecular weight is 1650 g/mol. The molecule has 3 unspecified atom stereocenters. The number of nitrogens with two attached hydrogens (primary N) is 1. The lowest BCUT2D eigenvalue weighted by Gasteiger charge is -2.27. The van der Waals surface area contributed by atoms with Crippen LogP contribution in [-0.4, -0.2) is 194 Å². The zero-order valence-corrected chi connectivity index (χ0v) is 68.5. The van der Waals surface area contributed by atoms with Crippen LogP contribution in [0.2, 0.25) is 0 Å². The number of halogens is 2. The number of nitrogen functional groups attached to an aromatic ring is 1. The number of para-hydroxylation sites is 2. The fourth-order valence-electron chi connectivity index (χ4n) is 15.4. The first-order valence-electron chi connectivity index (χ1n) is 37.5. The third-order valence-corrected chi connectivity index (χ3v) is 23.9. The molecule has 9 atom stereocenters. The van der Waals surface area contributed by atoms with Crippen LogP contribution in [0.1, 0.15) is 94.5 Å². The second-order valence-corrected chi connectivity index (χ2v) is 31.6. The van der Waals surface area contributed by atoms with Crippen molar-refractivity contribution >= 4 is 160 Å². The number of amides is 4. The number of nitrogens with zero attached hydrogens (tertiary/aromatic N) is 19. The summed E-state index contributed by atoms with van der Waals surface area (Å²) in [6, 6.07) is 25.1. The number of hydrogen-bond acceptors (Lipinski definition) is 29. The van der Waals surface area contributed by atoms with Crippen LogP contribution in [0.15, 0.2) is 116 Å². The Hall–Kier alpha value is -10.2. The molecule has 113 heavy (non-hydrogen) atoms. The quantitative estimate of drug-likeness (QED) is 0.0268. The van der Waals surface area contributed by atoms with Crippen molar-refractivity contribution in [1.82, 2.24) is 97.4 Å². The first-order valence-corrected chi connectivity index (χ1v) is 41.0. The number of carbonyl (C=O) groups excluding carboxylic acids is 4. The number of H-pyrrole nitrogens is 3. The van der Waals surface area contributed by atoms with Gasteiger partial charge in [0, 0.05) is 156 Å². The molecule has 3 aliphatic carbocycles. The molecule has 596 valence electrons. The molecule has 12 aromatic rings. The average Bonchev–Trinajstić information content (AvgIpc) is 1.64. The van der Waals surface area contributed by atoms with Crippen molar-refractivity contribution in [2.45, 2.75) is 116 Å². The van der Waals surface area contributed by atoms with E-state index in [-0.39, 0.29) is 36.9 Å². The summed E-state index contributed by atoms with van der Waals surface area (Å²) in [4.78, 5) is 110. The number of benzene rings is 2. The lowest BCUT2D eigenvalue weighted by Crippen LogP contribution is -2.36. The maximum atomic E-state index is 12.6. The van der Waals surface area contributed by atoms with Gasteiger partial charge in [-0.3, -0.25) is 15.4 Å². The molecule has 38 heteroatoms. The van der Waals surface area contributed by atoms with Crippen LogP contribution >= 0.6 is 70.1 Å². The number of urea groups is 2. The van der Waals surface area contributed by atoms with Crippen LogP contribution in [0.3, 0.4) is 0 Å². The number of aromatic nitrogens is 17. The smallest absolute Gasteiger partial charge is 0.409 e. The number of rotatable bonds is 16. The molecule has 4 amide bonds. The van der Waals surface area contributed by atoms with E-state index >= 15 is 0 Å². The highest BCUT2D eigenvalue weighted by Crippen LogP contribution is 2.44. The molecule has 10 aromatic heterocycles. The molecule has 2 aromatic carbocycles. The van der Waals surface area contributed by atoms with Gasteiger partial charge >= 0.3 is 23.5 Å². The summed E-state index contributed by atoms with van der Waals surface area (Å²) < 4.78 is 26.2. The summed E-state index contributed by atoms with van der Waals surface area (Å²) in [5.74, 6) is 10.7. The number of anilines is 6. The lowest BCUT2D eigenvalue weighted by molar-refractivity contribution is -0.133. The van der Waals surface area contributed by atoms with Gasteiger partial charge in [-0.15, -0.1) is 12.4 Å². The predicted molar refractivity (Wildman–Crippen MR) is 444 cm³/mol. The molecule has 6 aliphatic rings. The zero-order valence-electron chi connectivity index (χ0n) is 63.6. The predicted octanol–water partition coefficient (Wildman–Crippen LogP) is 12.7. The van der Waals surface area contributed by atoms with Crippen LogP contribution in [0.5, 0.6) is 11.5 Å². The highest BCUT2D eigenvalue weighted by Gasteiger charge is 2.46. The summed E-state index contributed by atoms with van der Waals surface area (Å²) in [6.07, 6.45) is 20.8. The van der Waals surface area contributed by atoms with Gasteiger partial charge in [0.1, 0.15) is 93.2 Å². The number of aromatic amines is 3. The first kappa shape index (κ1) is 82.2. The number of ether oxygens (including phenoxy) is 2. The van der Waals surface area contributed by atoms with E-state index in [0.29, 0.717) is 73.7 Å².